The second kappa shape index (κ2) is 13.9. The predicted octanol–water partition coefficient (Wildman–Crippen LogP) is 7.58. The molecule has 3 aromatic heterocycles. The second-order valence-corrected chi connectivity index (χ2v) is 16.0. The number of alkyl halides is 7. The van der Waals surface area contributed by atoms with E-state index in [2.05, 4.69) is 15.1 Å². The molecule has 306 valence electrons. The maximum Gasteiger partial charge on any atom is 0.419 e. The number of fused-ring (bicyclic) bond motifs is 4. The first kappa shape index (κ1) is 39.5. The molecule has 6 heterocycles. The average Bonchev–Trinajstić information content (AvgIpc) is 3.90. The van der Waals surface area contributed by atoms with Gasteiger partial charge in [-0.25, -0.2) is 8.78 Å². The zero-order valence-corrected chi connectivity index (χ0v) is 32.1. The second-order valence-electron chi connectivity index (χ2n) is 15.0. The molecule has 5 aromatic rings. The SMILES string of the molecule is CCc1c(C(=O)N(C)C)nn2c1CN(c1nc(OCC34CCCN3CC(F)C4)nc3c(C(F)(F)F)c(-c4ccc(F)c5sc(N)c(C#N)c45)c(C(F)(F)F)cc13)CC2. The lowest BCUT2D eigenvalue weighted by molar-refractivity contribution is -0.141. The van der Waals surface area contributed by atoms with E-state index in [1.54, 1.807) is 31.8 Å². The summed E-state index contributed by atoms with van der Waals surface area (Å²) in [7, 11) is 3.11. The summed E-state index contributed by atoms with van der Waals surface area (Å²) in [4.78, 5) is 26.5. The van der Waals surface area contributed by atoms with Gasteiger partial charge in [-0.3, -0.25) is 14.4 Å². The molecule has 20 heteroatoms. The van der Waals surface area contributed by atoms with Gasteiger partial charge in [-0.2, -0.15) is 46.7 Å². The minimum atomic E-state index is -5.53. The molecule has 2 aromatic carbocycles. The highest BCUT2D eigenvalue weighted by atomic mass is 32.1. The molecule has 8 rings (SSSR count). The summed E-state index contributed by atoms with van der Waals surface area (Å²) < 4.78 is 130. The molecule has 2 atom stereocenters. The van der Waals surface area contributed by atoms with Gasteiger partial charge in [0.25, 0.3) is 5.91 Å². The molecule has 2 unspecified atom stereocenters. The van der Waals surface area contributed by atoms with Gasteiger partial charge >= 0.3 is 18.4 Å². The summed E-state index contributed by atoms with van der Waals surface area (Å²) in [5.41, 5.74) is -0.664. The van der Waals surface area contributed by atoms with Crippen LogP contribution in [-0.2, 0) is 31.9 Å². The number of anilines is 2. The number of aromatic nitrogens is 4. The fourth-order valence-corrected chi connectivity index (χ4v) is 9.73. The molecule has 2 fully saturated rings. The van der Waals surface area contributed by atoms with Crippen LogP contribution in [0.25, 0.3) is 32.1 Å². The van der Waals surface area contributed by atoms with Crippen molar-refractivity contribution in [1.82, 2.24) is 29.5 Å². The van der Waals surface area contributed by atoms with E-state index < -0.39 is 84.7 Å². The van der Waals surface area contributed by atoms with Gasteiger partial charge in [0, 0.05) is 55.5 Å². The fourth-order valence-electron chi connectivity index (χ4n) is 8.78. The lowest BCUT2D eigenvalue weighted by atomic mass is 9.88. The standard InChI is InChI=1S/C38H35F8N9O2S/c1-4-19-25-16-53(10-11-55(25)51-30(19)34(56)52(2)3)33-21-12-23(37(41,42)43)27(20-6-7-24(40)31-26(20)22(14-47)32(48)58-31)28(38(44,45)46)29(21)49-35(50-33)57-17-36-8-5-9-54(36)15-18(39)13-36/h6-7,12,18H,4-5,8-11,13,15-17,48H2,1-3H3. The Kier molecular flexibility index (Phi) is 9.49. The van der Waals surface area contributed by atoms with Crippen molar-refractivity contribution in [2.75, 3.05) is 51.0 Å². The van der Waals surface area contributed by atoms with E-state index >= 15 is 30.7 Å². The zero-order chi connectivity index (χ0) is 41.6. The summed E-state index contributed by atoms with van der Waals surface area (Å²) in [6.07, 6.45) is -10.4. The summed E-state index contributed by atoms with van der Waals surface area (Å²) in [5.74, 6) is -1.68. The van der Waals surface area contributed by atoms with E-state index in [4.69, 9.17) is 10.5 Å². The van der Waals surface area contributed by atoms with Gasteiger partial charge in [0.15, 0.2) is 5.69 Å². The summed E-state index contributed by atoms with van der Waals surface area (Å²) >= 11 is 0.525. The van der Waals surface area contributed by atoms with Gasteiger partial charge in [-0.1, -0.05) is 13.0 Å². The topological polar surface area (TPSA) is 129 Å². The van der Waals surface area contributed by atoms with Gasteiger partial charge < -0.3 is 20.3 Å². The van der Waals surface area contributed by atoms with Crippen LogP contribution in [0.4, 0.5) is 45.9 Å². The average molecular weight is 834 g/mol. The molecule has 58 heavy (non-hydrogen) atoms. The van der Waals surface area contributed by atoms with Gasteiger partial charge in [-0.15, -0.1) is 11.3 Å². The Morgan fingerprint density at radius 2 is 1.90 bits per heavy atom. The molecule has 3 aliphatic heterocycles. The first-order chi connectivity index (χ1) is 27.4. The highest BCUT2D eigenvalue weighted by molar-refractivity contribution is 7.23. The van der Waals surface area contributed by atoms with Crippen molar-refractivity contribution in [3.63, 3.8) is 0 Å². The van der Waals surface area contributed by atoms with Gasteiger partial charge in [0.05, 0.1) is 51.2 Å². The highest BCUT2D eigenvalue weighted by Gasteiger charge is 2.50. The molecule has 3 aliphatic rings. The van der Waals surface area contributed by atoms with Crippen LogP contribution in [0, 0.1) is 17.1 Å². The minimum Gasteiger partial charge on any atom is -0.461 e. The Labute approximate surface area is 329 Å². The molecule has 11 nitrogen and oxygen atoms in total. The van der Waals surface area contributed by atoms with Crippen molar-refractivity contribution < 1.29 is 44.7 Å². The van der Waals surface area contributed by atoms with Crippen molar-refractivity contribution in [2.45, 2.75) is 69.8 Å². The van der Waals surface area contributed by atoms with E-state index in [-0.39, 0.29) is 61.6 Å². The number of hydrogen-bond donors (Lipinski definition) is 1. The third-order valence-corrected chi connectivity index (χ3v) is 12.3. The number of nitrogens with zero attached hydrogens (tertiary/aromatic N) is 8. The minimum absolute atomic E-state index is 0.00295. The number of ether oxygens (including phenoxy) is 1. The predicted molar refractivity (Wildman–Crippen MR) is 199 cm³/mol. The lowest BCUT2D eigenvalue weighted by Crippen LogP contribution is -2.43. The molecule has 0 saturated carbocycles. The maximum absolute atomic E-state index is 15.8. The number of carbonyl (C=O) groups excluding carboxylic acids is 1. The number of thiophene rings is 1. The quantitative estimate of drug-likeness (QED) is 0.165. The number of nitrogen functional groups attached to an aromatic ring is 1. The smallest absolute Gasteiger partial charge is 0.419 e. The Bertz CT molecular complexity index is 2540. The van der Waals surface area contributed by atoms with Crippen LogP contribution in [0.15, 0.2) is 18.2 Å². The zero-order valence-electron chi connectivity index (χ0n) is 31.3. The largest absolute Gasteiger partial charge is 0.461 e. The van der Waals surface area contributed by atoms with Crippen molar-refractivity contribution in [1.29, 1.82) is 5.26 Å². The van der Waals surface area contributed by atoms with E-state index in [9.17, 15) is 14.4 Å². The molecule has 0 aliphatic carbocycles. The van der Waals surface area contributed by atoms with E-state index in [1.807, 2.05) is 4.90 Å². The van der Waals surface area contributed by atoms with Crippen LogP contribution in [-0.4, -0.2) is 87.5 Å². The summed E-state index contributed by atoms with van der Waals surface area (Å²) in [6, 6.07) is 3.15. The number of rotatable bonds is 7. The van der Waals surface area contributed by atoms with Crippen LogP contribution < -0.4 is 15.4 Å². The number of benzene rings is 2. The molecule has 2 saturated heterocycles. The van der Waals surface area contributed by atoms with Crippen LogP contribution in [0.2, 0.25) is 0 Å². The third-order valence-electron chi connectivity index (χ3n) is 11.3. The lowest BCUT2D eigenvalue weighted by Gasteiger charge is -2.32. The number of hydrogen-bond acceptors (Lipinski definition) is 10. The highest BCUT2D eigenvalue weighted by Crippen LogP contribution is 2.52. The number of nitrogens with two attached hydrogens (primary N) is 1. The van der Waals surface area contributed by atoms with E-state index in [1.165, 1.54) is 9.80 Å². The summed E-state index contributed by atoms with van der Waals surface area (Å²) in [6.45, 7) is 2.33. The summed E-state index contributed by atoms with van der Waals surface area (Å²) in [5, 5.41) is 13.0. The van der Waals surface area contributed by atoms with Crippen molar-refractivity contribution in [3.05, 3.63) is 57.7 Å². The number of nitriles is 1. The fraction of sp³-hybridized carbons (Fsp3) is 0.447. The van der Waals surface area contributed by atoms with Gasteiger partial charge in [0.2, 0.25) is 0 Å². The third kappa shape index (κ3) is 6.33. The normalized spacial score (nSPS) is 19.8. The molecular formula is C38H35F8N9O2S. The monoisotopic (exact) mass is 833 g/mol. The molecule has 0 radical (unpaired) electrons. The molecule has 0 spiro atoms. The van der Waals surface area contributed by atoms with Gasteiger partial charge in [0.1, 0.15) is 35.5 Å². The first-order valence-electron chi connectivity index (χ1n) is 18.4. The van der Waals surface area contributed by atoms with Crippen LogP contribution in [0.1, 0.15) is 64.6 Å². The molecule has 0 bridgehead atoms. The molecule has 1 amide bonds. The van der Waals surface area contributed by atoms with Crippen LogP contribution >= 0.6 is 11.3 Å². The number of amides is 1. The van der Waals surface area contributed by atoms with Crippen LogP contribution in [0.3, 0.4) is 0 Å². The Morgan fingerprint density at radius 3 is 2.57 bits per heavy atom. The van der Waals surface area contributed by atoms with Crippen molar-refractivity contribution in [3.8, 4) is 23.2 Å². The van der Waals surface area contributed by atoms with Crippen molar-refractivity contribution in [2.24, 2.45) is 0 Å². The Balaban J connectivity index is 1.40. The Hall–Kier alpha value is -5.29. The van der Waals surface area contributed by atoms with E-state index in [0.29, 0.717) is 48.0 Å². The first-order valence-corrected chi connectivity index (χ1v) is 19.2. The van der Waals surface area contributed by atoms with Crippen LogP contribution in [0.5, 0.6) is 6.01 Å². The molecular weight excluding hydrogens is 799 g/mol. The van der Waals surface area contributed by atoms with Gasteiger partial charge in [-0.05, 0) is 43.5 Å². The Morgan fingerprint density at radius 1 is 1.14 bits per heavy atom. The van der Waals surface area contributed by atoms with E-state index in [0.717, 1.165) is 18.6 Å². The van der Waals surface area contributed by atoms with Crippen molar-refractivity contribution >= 4 is 49.1 Å². The maximum atomic E-state index is 15.8. The number of halogens is 8. The number of carbonyl (C=O) groups is 1. The molecule has 2 N–H and O–H groups in total.